The highest BCUT2D eigenvalue weighted by Gasteiger charge is 2.26. The van der Waals surface area contributed by atoms with E-state index in [-0.39, 0.29) is 32.9 Å². The number of ketones is 1. The third-order valence-electron chi connectivity index (χ3n) is 4.42. The minimum Gasteiger partial charge on any atom is -0.494 e. The molecule has 11 heteroatoms. The van der Waals surface area contributed by atoms with E-state index in [0.717, 1.165) is 0 Å². The van der Waals surface area contributed by atoms with Gasteiger partial charge in [0, 0.05) is 12.1 Å². The molecule has 9 nitrogen and oxygen atoms in total. The molecule has 2 aromatic carbocycles. The molecule has 0 fully saturated rings. The number of nitrogens with zero attached hydrogens (tertiary/aromatic N) is 2. The van der Waals surface area contributed by atoms with Crippen molar-refractivity contribution in [2.24, 2.45) is 10.2 Å². The molecule has 0 aromatic heterocycles. The van der Waals surface area contributed by atoms with Crippen molar-refractivity contribution in [3.05, 3.63) is 34.3 Å². The van der Waals surface area contributed by atoms with E-state index in [9.17, 15) is 9.59 Å². The number of ether oxygens (including phenoxy) is 4. The number of carbonyl (C=O) groups is 2. The van der Waals surface area contributed by atoms with Crippen LogP contribution >= 0.6 is 23.2 Å². The number of Topliss-reactive ketones (excluding diaryl/α,β-unsaturated/α-hetero) is 1. The van der Waals surface area contributed by atoms with E-state index in [1.54, 1.807) is 45.0 Å². The first-order valence-corrected chi connectivity index (χ1v) is 11.9. The van der Waals surface area contributed by atoms with Crippen molar-refractivity contribution in [3.63, 3.8) is 0 Å². The van der Waals surface area contributed by atoms with E-state index in [1.165, 1.54) is 6.92 Å². The van der Waals surface area contributed by atoms with Crippen molar-refractivity contribution in [2.75, 3.05) is 31.7 Å². The molecule has 0 aliphatic heterocycles. The maximum Gasteiger partial charge on any atom is 0.258 e. The number of azo groups is 1. The van der Waals surface area contributed by atoms with Gasteiger partial charge in [-0.25, -0.2) is 0 Å². The predicted octanol–water partition coefficient (Wildman–Crippen LogP) is 6.27. The molecule has 190 valence electrons. The zero-order valence-corrected chi connectivity index (χ0v) is 21.8. The molecular formula is C24H29Cl2N3O6. The van der Waals surface area contributed by atoms with Gasteiger partial charge in [0.15, 0.2) is 28.7 Å². The molecule has 0 bridgehead atoms. The van der Waals surface area contributed by atoms with Gasteiger partial charge >= 0.3 is 0 Å². The van der Waals surface area contributed by atoms with Crippen molar-refractivity contribution in [1.82, 2.24) is 0 Å². The van der Waals surface area contributed by atoms with E-state index in [2.05, 4.69) is 15.5 Å². The molecule has 1 atom stereocenters. The van der Waals surface area contributed by atoms with Crippen molar-refractivity contribution < 1.29 is 28.5 Å². The monoisotopic (exact) mass is 525 g/mol. The number of hydrogen-bond donors (Lipinski definition) is 1. The first kappa shape index (κ1) is 28.2. The van der Waals surface area contributed by atoms with Crippen LogP contribution in [0, 0.1) is 0 Å². The lowest BCUT2D eigenvalue weighted by Crippen LogP contribution is -2.32. The van der Waals surface area contributed by atoms with Gasteiger partial charge in [-0.15, -0.1) is 5.11 Å². The molecule has 0 radical (unpaired) electrons. The van der Waals surface area contributed by atoms with Crippen LogP contribution in [-0.4, -0.2) is 44.2 Å². The van der Waals surface area contributed by atoms with Gasteiger partial charge in [-0.05, 0) is 46.8 Å². The van der Waals surface area contributed by atoms with Gasteiger partial charge in [0.25, 0.3) is 5.91 Å². The Morgan fingerprint density at radius 3 is 2.11 bits per heavy atom. The first-order chi connectivity index (χ1) is 16.8. The topological polar surface area (TPSA) is 108 Å². The Bertz CT molecular complexity index is 1080. The van der Waals surface area contributed by atoms with E-state index in [4.69, 9.17) is 42.1 Å². The number of halogens is 2. The van der Waals surface area contributed by atoms with Gasteiger partial charge in [-0.3, -0.25) is 9.59 Å². The Kier molecular flexibility index (Phi) is 11.1. The molecule has 1 amide bonds. The van der Waals surface area contributed by atoms with Crippen molar-refractivity contribution in [1.29, 1.82) is 0 Å². The second-order valence-corrected chi connectivity index (χ2v) is 7.77. The zero-order valence-electron chi connectivity index (χ0n) is 20.3. The second kappa shape index (κ2) is 13.7. The largest absolute Gasteiger partial charge is 0.494 e. The van der Waals surface area contributed by atoms with Crippen LogP contribution in [0.15, 0.2) is 34.5 Å². The molecule has 2 rings (SSSR count). The lowest BCUT2D eigenvalue weighted by molar-refractivity contribution is -0.126. The quantitative estimate of drug-likeness (QED) is 0.244. The lowest BCUT2D eigenvalue weighted by Gasteiger charge is -2.17. The Morgan fingerprint density at radius 1 is 0.886 bits per heavy atom. The summed E-state index contributed by atoms with van der Waals surface area (Å²) in [6.07, 6.45) is 0. The zero-order chi connectivity index (χ0) is 26.0. The third kappa shape index (κ3) is 7.47. The van der Waals surface area contributed by atoms with Crippen molar-refractivity contribution in [2.45, 2.75) is 40.7 Å². The van der Waals surface area contributed by atoms with Gasteiger partial charge in [-0.2, -0.15) is 5.11 Å². The number of carbonyl (C=O) groups excluding carboxylic acids is 2. The fourth-order valence-corrected chi connectivity index (χ4v) is 3.49. The van der Waals surface area contributed by atoms with Gasteiger partial charge < -0.3 is 24.3 Å². The summed E-state index contributed by atoms with van der Waals surface area (Å²) in [5.41, 5.74) is 0.415. The van der Waals surface area contributed by atoms with Gasteiger partial charge in [-0.1, -0.05) is 23.2 Å². The van der Waals surface area contributed by atoms with Crippen LogP contribution in [0.5, 0.6) is 23.0 Å². The molecule has 1 N–H and O–H groups in total. The SMILES string of the molecule is CCOc1cc(Cl)c(OCC)c(NC(=O)C(N=Nc2c(OCC)ccc(Cl)c2OCC)C(C)=O)c1. The van der Waals surface area contributed by atoms with Crippen molar-refractivity contribution >= 4 is 46.3 Å². The number of rotatable bonds is 13. The average Bonchev–Trinajstić information content (AvgIpc) is 2.80. The van der Waals surface area contributed by atoms with Crippen LogP contribution in [0.25, 0.3) is 0 Å². The molecule has 2 aromatic rings. The lowest BCUT2D eigenvalue weighted by atomic mass is 10.2. The average molecular weight is 526 g/mol. The summed E-state index contributed by atoms with van der Waals surface area (Å²) in [7, 11) is 0. The Balaban J connectivity index is 2.45. The Labute approximate surface area is 214 Å². The predicted molar refractivity (Wildman–Crippen MR) is 135 cm³/mol. The maximum atomic E-state index is 13.1. The van der Waals surface area contributed by atoms with E-state index < -0.39 is 17.7 Å². The molecule has 0 heterocycles. The van der Waals surface area contributed by atoms with Gasteiger partial charge in [0.1, 0.15) is 5.75 Å². The fourth-order valence-electron chi connectivity index (χ4n) is 3.01. The van der Waals surface area contributed by atoms with Crippen LogP contribution < -0.4 is 24.3 Å². The normalized spacial score (nSPS) is 11.7. The Hall–Kier alpha value is -3.04. The summed E-state index contributed by atoms with van der Waals surface area (Å²) < 4.78 is 22.3. The number of anilines is 1. The van der Waals surface area contributed by atoms with Crippen LogP contribution in [0.1, 0.15) is 34.6 Å². The highest BCUT2D eigenvalue weighted by molar-refractivity contribution is 6.33. The third-order valence-corrected chi connectivity index (χ3v) is 4.99. The summed E-state index contributed by atoms with van der Waals surface area (Å²) >= 11 is 12.6. The van der Waals surface area contributed by atoms with E-state index >= 15 is 0 Å². The van der Waals surface area contributed by atoms with E-state index in [1.807, 2.05) is 6.92 Å². The molecule has 0 aliphatic carbocycles. The minimum atomic E-state index is -1.47. The standard InChI is InChI=1S/C24H29Cl2N3O6/c1-6-32-15-12-17(26)22(34-8-3)18(13-15)27-24(31)20(14(5)30)28-29-21-19(33-7-2)11-10-16(25)23(21)35-9-4/h10-13,20H,6-9H2,1-5H3,(H,27,31). The smallest absolute Gasteiger partial charge is 0.258 e. The van der Waals surface area contributed by atoms with Crippen LogP contribution in [0.4, 0.5) is 11.4 Å². The second-order valence-electron chi connectivity index (χ2n) is 6.95. The summed E-state index contributed by atoms with van der Waals surface area (Å²) in [6.45, 7) is 9.79. The number of benzene rings is 2. The minimum absolute atomic E-state index is 0.177. The number of hydrogen-bond acceptors (Lipinski definition) is 8. The fraction of sp³-hybridized carbons (Fsp3) is 0.417. The number of nitrogens with one attached hydrogen (secondary N) is 1. The van der Waals surface area contributed by atoms with Crippen LogP contribution in [-0.2, 0) is 9.59 Å². The van der Waals surface area contributed by atoms with E-state index in [0.29, 0.717) is 37.9 Å². The summed E-state index contributed by atoms with van der Waals surface area (Å²) in [4.78, 5) is 25.4. The van der Waals surface area contributed by atoms with Crippen LogP contribution in [0.2, 0.25) is 10.0 Å². The van der Waals surface area contributed by atoms with Crippen molar-refractivity contribution in [3.8, 4) is 23.0 Å². The van der Waals surface area contributed by atoms with Gasteiger partial charge in [0.05, 0.1) is 42.2 Å². The van der Waals surface area contributed by atoms with Crippen LogP contribution in [0.3, 0.4) is 0 Å². The maximum absolute atomic E-state index is 13.1. The summed E-state index contributed by atoms with van der Waals surface area (Å²) in [5, 5.41) is 11.3. The molecule has 1 unspecified atom stereocenters. The molecule has 0 saturated heterocycles. The molecule has 35 heavy (non-hydrogen) atoms. The summed E-state index contributed by atoms with van der Waals surface area (Å²) in [6, 6.07) is 4.89. The molecule has 0 saturated carbocycles. The first-order valence-electron chi connectivity index (χ1n) is 11.2. The highest BCUT2D eigenvalue weighted by Crippen LogP contribution is 2.43. The highest BCUT2D eigenvalue weighted by atomic mass is 35.5. The Morgan fingerprint density at radius 2 is 1.51 bits per heavy atom. The molecular weight excluding hydrogens is 497 g/mol. The number of amides is 1. The molecule has 0 aliphatic rings. The van der Waals surface area contributed by atoms with Gasteiger partial charge in [0.2, 0.25) is 6.04 Å². The molecule has 0 spiro atoms. The summed E-state index contributed by atoms with van der Waals surface area (Å²) in [5.74, 6) is -0.00154.